The van der Waals surface area contributed by atoms with Crippen LogP contribution in [0.15, 0.2) is 59.5 Å². The Bertz CT molecular complexity index is 1020. The second-order valence-electron chi connectivity index (χ2n) is 5.32. The molecule has 0 fully saturated rings. The van der Waals surface area contributed by atoms with Gasteiger partial charge in [-0.05, 0) is 24.6 Å². The minimum atomic E-state index is 0.0400. The lowest BCUT2D eigenvalue weighted by atomic mass is 10.00. The summed E-state index contributed by atoms with van der Waals surface area (Å²) in [6, 6.07) is 16.1. The number of aromatic amines is 2. The Morgan fingerprint density at radius 1 is 0.952 bits per heavy atom. The first kappa shape index (κ1) is 12.0. The Kier molecular flexibility index (Phi) is 2.48. The zero-order valence-electron chi connectivity index (χ0n) is 11.6. The predicted molar refractivity (Wildman–Crippen MR) is 86.6 cm³/mol. The molecule has 0 radical (unpaired) electrons. The van der Waals surface area contributed by atoms with Gasteiger partial charge in [0.15, 0.2) is 0 Å². The number of fused-ring (bicyclic) bond motifs is 2. The van der Waals surface area contributed by atoms with E-state index in [0.717, 1.165) is 22.2 Å². The van der Waals surface area contributed by atoms with Gasteiger partial charge in [0.2, 0.25) is 5.43 Å². The van der Waals surface area contributed by atoms with Crippen molar-refractivity contribution in [1.29, 1.82) is 0 Å². The summed E-state index contributed by atoms with van der Waals surface area (Å²) < 4.78 is 0. The summed E-state index contributed by atoms with van der Waals surface area (Å²) in [5.41, 5.74) is 5.77. The van der Waals surface area contributed by atoms with Crippen LogP contribution in [0.3, 0.4) is 0 Å². The molecule has 2 heterocycles. The van der Waals surface area contributed by atoms with Crippen molar-refractivity contribution in [3.05, 3.63) is 70.5 Å². The monoisotopic (exact) mass is 274 g/mol. The Balaban J connectivity index is 2.15. The number of rotatable bonds is 1. The highest BCUT2D eigenvalue weighted by molar-refractivity contribution is 5.99. The largest absolute Gasteiger partial charge is 0.357 e. The second kappa shape index (κ2) is 4.35. The van der Waals surface area contributed by atoms with Crippen LogP contribution in [0.1, 0.15) is 5.56 Å². The van der Waals surface area contributed by atoms with E-state index in [-0.39, 0.29) is 5.43 Å². The number of nitrogens with one attached hydrogen (secondary N) is 2. The van der Waals surface area contributed by atoms with Gasteiger partial charge in [0.1, 0.15) is 5.52 Å². The van der Waals surface area contributed by atoms with E-state index in [4.69, 9.17) is 0 Å². The normalized spacial score (nSPS) is 11.3. The van der Waals surface area contributed by atoms with E-state index >= 15 is 0 Å². The minimum Gasteiger partial charge on any atom is -0.357 e. The van der Waals surface area contributed by atoms with Gasteiger partial charge in [-0.3, -0.25) is 4.79 Å². The van der Waals surface area contributed by atoms with E-state index < -0.39 is 0 Å². The molecule has 2 N–H and O–H groups in total. The van der Waals surface area contributed by atoms with Gasteiger partial charge in [0, 0.05) is 17.1 Å². The van der Waals surface area contributed by atoms with Crippen LogP contribution in [0.2, 0.25) is 0 Å². The van der Waals surface area contributed by atoms with E-state index in [1.807, 2.05) is 30.3 Å². The smallest absolute Gasteiger partial charge is 0.213 e. The van der Waals surface area contributed by atoms with Crippen LogP contribution in [-0.2, 0) is 0 Å². The summed E-state index contributed by atoms with van der Waals surface area (Å²) in [4.78, 5) is 18.9. The lowest BCUT2D eigenvalue weighted by Gasteiger charge is -2.08. The Morgan fingerprint density at radius 3 is 2.67 bits per heavy atom. The fourth-order valence-electron chi connectivity index (χ4n) is 2.86. The summed E-state index contributed by atoms with van der Waals surface area (Å²) in [5.74, 6) is 0. The summed E-state index contributed by atoms with van der Waals surface area (Å²) >= 11 is 0. The molecule has 0 spiro atoms. The number of hydrogen-bond donors (Lipinski definition) is 2. The number of hydrogen-bond acceptors (Lipinski definition) is 1. The predicted octanol–water partition coefficient (Wildman–Crippen LogP) is 3.98. The number of H-pyrrole nitrogens is 2. The molecule has 0 amide bonds. The van der Waals surface area contributed by atoms with Gasteiger partial charge in [0.25, 0.3) is 0 Å². The van der Waals surface area contributed by atoms with Crippen molar-refractivity contribution < 1.29 is 0 Å². The summed E-state index contributed by atoms with van der Waals surface area (Å²) in [6.07, 6.45) is 1.79. The zero-order chi connectivity index (χ0) is 14.4. The third-order valence-corrected chi connectivity index (χ3v) is 3.87. The van der Waals surface area contributed by atoms with E-state index in [1.54, 1.807) is 6.20 Å². The van der Waals surface area contributed by atoms with Crippen LogP contribution in [0, 0.1) is 6.92 Å². The van der Waals surface area contributed by atoms with Crippen LogP contribution in [0.4, 0.5) is 0 Å². The number of benzene rings is 2. The van der Waals surface area contributed by atoms with E-state index in [2.05, 4.69) is 35.1 Å². The molecule has 3 nitrogen and oxygen atoms in total. The molecule has 0 saturated heterocycles. The molecule has 21 heavy (non-hydrogen) atoms. The van der Waals surface area contributed by atoms with Crippen LogP contribution in [-0.4, -0.2) is 9.97 Å². The van der Waals surface area contributed by atoms with Crippen molar-refractivity contribution in [1.82, 2.24) is 9.97 Å². The molecule has 3 heteroatoms. The van der Waals surface area contributed by atoms with Gasteiger partial charge in [-0.2, -0.15) is 0 Å². The van der Waals surface area contributed by atoms with E-state index in [9.17, 15) is 4.79 Å². The van der Waals surface area contributed by atoms with Crippen molar-refractivity contribution in [3.63, 3.8) is 0 Å². The SMILES string of the molecule is Cc1cccc(-c2cccc3c(=O)c4[nH]ccc4[nH]c23)c1. The molecule has 102 valence electrons. The number of pyridine rings is 1. The highest BCUT2D eigenvalue weighted by Crippen LogP contribution is 2.27. The first-order valence-electron chi connectivity index (χ1n) is 6.93. The Labute approximate surface area is 121 Å². The lowest BCUT2D eigenvalue weighted by Crippen LogP contribution is -2.04. The fraction of sp³-hybridized carbons (Fsp3) is 0.0556. The lowest BCUT2D eigenvalue weighted by molar-refractivity contribution is 1.43. The Morgan fingerprint density at radius 2 is 1.81 bits per heavy atom. The number of aryl methyl sites for hydroxylation is 1. The fourth-order valence-corrected chi connectivity index (χ4v) is 2.86. The highest BCUT2D eigenvalue weighted by atomic mass is 16.1. The molecule has 4 rings (SSSR count). The quantitative estimate of drug-likeness (QED) is 0.542. The van der Waals surface area contributed by atoms with E-state index in [0.29, 0.717) is 10.9 Å². The van der Waals surface area contributed by atoms with E-state index in [1.165, 1.54) is 5.56 Å². The van der Waals surface area contributed by atoms with Crippen molar-refractivity contribution in [2.24, 2.45) is 0 Å². The van der Waals surface area contributed by atoms with Gasteiger partial charge in [0.05, 0.1) is 11.0 Å². The highest BCUT2D eigenvalue weighted by Gasteiger charge is 2.10. The van der Waals surface area contributed by atoms with Crippen molar-refractivity contribution >= 4 is 21.9 Å². The first-order chi connectivity index (χ1) is 10.2. The molecule has 0 aliphatic heterocycles. The third-order valence-electron chi connectivity index (χ3n) is 3.87. The molecule has 0 atom stereocenters. The average Bonchev–Trinajstić information content (AvgIpc) is 2.96. The molecule has 0 aliphatic rings. The maximum absolute atomic E-state index is 12.5. The van der Waals surface area contributed by atoms with Crippen LogP contribution >= 0.6 is 0 Å². The maximum atomic E-state index is 12.5. The second-order valence-corrected chi connectivity index (χ2v) is 5.32. The minimum absolute atomic E-state index is 0.0400. The van der Waals surface area contributed by atoms with Gasteiger partial charge >= 0.3 is 0 Å². The molecule has 0 aliphatic carbocycles. The first-order valence-corrected chi connectivity index (χ1v) is 6.93. The van der Waals surface area contributed by atoms with Crippen molar-refractivity contribution in [2.75, 3.05) is 0 Å². The summed E-state index contributed by atoms with van der Waals surface area (Å²) in [5, 5.41) is 0.712. The molecular formula is C18H14N2O. The zero-order valence-corrected chi connectivity index (χ0v) is 11.6. The molecule has 2 aromatic carbocycles. The van der Waals surface area contributed by atoms with Gasteiger partial charge in [-0.25, -0.2) is 0 Å². The van der Waals surface area contributed by atoms with Gasteiger partial charge in [-0.15, -0.1) is 0 Å². The van der Waals surface area contributed by atoms with Gasteiger partial charge in [-0.1, -0.05) is 42.0 Å². The number of aromatic nitrogens is 2. The number of para-hydroxylation sites is 1. The van der Waals surface area contributed by atoms with Crippen molar-refractivity contribution in [3.8, 4) is 11.1 Å². The molecule has 0 saturated carbocycles. The van der Waals surface area contributed by atoms with Crippen LogP contribution in [0.5, 0.6) is 0 Å². The molecule has 4 aromatic rings. The molecule has 0 bridgehead atoms. The standard InChI is InChI=1S/C18H14N2O/c1-11-4-2-5-12(10-11)13-6-3-7-14-16(13)20-15-8-9-19-17(15)18(14)21/h2-10,19H,1H3,(H,20,21). The summed E-state index contributed by atoms with van der Waals surface area (Å²) in [6.45, 7) is 2.07. The topological polar surface area (TPSA) is 48.6 Å². The molecule has 2 aromatic heterocycles. The summed E-state index contributed by atoms with van der Waals surface area (Å²) in [7, 11) is 0. The molecule has 0 unspecified atom stereocenters. The molecular weight excluding hydrogens is 260 g/mol. The van der Waals surface area contributed by atoms with Crippen LogP contribution in [0.25, 0.3) is 33.1 Å². The van der Waals surface area contributed by atoms with Crippen molar-refractivity contribution in [2.45, 2.75) is 6.92 Å². The maximum Gasteiger partial charge on any atom is 0.213 e. The van der Waals surface area contributed by atoms with Crippen LogP contribution < -0.4 is 5.43 Å². The average molecular weight is 274 g/mol. The third kappa shape index (κ3) is 1.78. The Hall–Kier alpha value is -2.81. The van der Waals surface area contributed by atoms with Gasteiger partial charge < -0.3 is 9.97 Å².